The van der Waals surface area contributed by atoms with Crippen LogP contribution in [-0.2, 0) is 4.74 Å². The number of aromatic nitrogens is 2. The predicted octanol–water partition coefficient (Wildman–Crippen LogP) is 4.10. The first-order chi connectivity index (χ1) is 9.78. The Hall–Kier alpha value is -2.17. The molecule has 2 rings (SSSR count). The molecule has 0 aliphatic carbocycles. The van der Waals surface area contributed by atoms with E-state index < -0.39 is 11.7 Å². The fourth-order valence-corrected chi connectivity index (χ4v) is 2.14. The molecule has 0 aromatic carbocycles. The van der Waals surface area contributed by atoms with E-state index in [2.05, 4.69) is 29.1 Å². The number of anilines is 1. The molecular weight excluding hydrogens is 266 g/mol. The average molecular weight is 287 g/mol. The van der Waals surface area contributed by atoms with Crippen LogP contribution in [0.3, 0.4) is 0 Å². The van der Waals surface area contributed by atoms with Gasteiger partial charge in [0, 0.05) is 11.8 Å². The van der Waals surface area contributed by atoms with Gasteiger partial charge in [-0.25, -0.2) is 4.79 Å². The molecule has 0 saturated carbocycles. The second kappa shape index (κ2) is 5.68. The van der Waals surface area contributed by atoms with Crippen molar-refractivity contribution in [3.8, 4) is 0 Å². The summed E-state index contributed by atoms with van der Waals surface area (Å²) in [5.74, 6) is 0.204. The summed E-state index contributed by atoms with van der Waals surface area (Å²) in [6.07, 6.45) is 2.90. The maximum Gasteiger partial charge on any atom is 0.412 e. The van der Waals surface area contributed by atoms with Crippen molar-refractivity contribution in [2.75, 3.05) is 5.32 Å². The molecule has 2 aromatic heterocycles. The van der Waals surface area contributed by atoms with Crippen LogP contribution < -0.4 is 5.32 Å². The van der Waals surface area contributed by atoms with Crippen LogP contribution in [0.4, 0.5) is 10.5 Å². The van der Waals surface area contributed by atoms with Crippen LogP contribution in [0.5, 0.6) is 0 Å². The van der Waals surface area contributed by atoms with Gasteiger partial charge in [-0.2, -0.15) is 0 Å². The Kier molecular flexibility index (Phi) is 4.11. The smallest absolute Gasteiger partial charge is 0.412 e. The van der Waals surface area contributed by atoms with Gasteiger partial charge in [0.2, 0.25) is 0 Å². The minimum atomic E-state index is -0.537. The van der Waals surface area contributed by atoms with Gasteiger partial charge in [0.1, 0.15) is 5.60 Å². The summed E-state index contributed by atoms with van der Waals surface area (Å²) in [6.45, 7) is 9.61. The molecule has 0 aliphatic heterocycles. The second-order valence-corrected chi connectivity index (χ2v) is 6.24. The number of ether oxygens (including phenoxy) is 1. The van der Waals surface area contributed by atoms with Crippen molar-refractivity contribution in [1.82, 2.24) is 9.97 Å². The average Bonchev–Trinajstić information content (AvgIpc) is 2.35. The number of hydrogen-bond acceptors (Lipinski definition) is 4. The van der Waals surface area contributed by atoms with E-state index in [0.717, 1.165) is 16.6 Å². The molecule has 0 fully saturated rings. The van der Waals surface area contributed by atoms with Crippen molar-refractivity contribution >= 4 is 22.8 Å². The Morgan fingerprint density at radius 3 is 2.62 bits per heavy atom. The van der Waals surface area contributed by atoms with Crippen LogP contribution in [-0.4, -0.2) is 21.7 Å². The van der Waals surface area contributed by atoms with Crippen molar-refractivity contribution in [3.63, 3.8) is 0 Å². The van der Waals surface area contributed by atoms with Gasteiger partial charge in [0.05, 0.1) is 22.9 Å². The highest BCUT2D eigenvalue weighted by Gasteiger charge is 2.19. The van der Waals surface area contributed by atoms with Crippen molar-refractivity contribution in [1.29, 1.82) is 0 Å². The van der Waals surface area contributed by atoms with E-state index in [1.165, 1.54) is 0 Å². The molecule has 5 heteroatoms. The highest BCUT2D eigenvalue weighted by atomic mass is 16.6. The summed E-state index contributed by atoms with van der Waals surface area (Å²) in [4.78, 5) is 20.7. The molecule has 5 nitrogen and oxygen atoms in total. The lowest BCUT2D eigenvalue weighted by Gasteiger charge is -2.21. The first-order valence-electron chi connectivity index (χ1n) is 7.01. The van der Waals surface area contributed by atoms with E-state index in [9.17, 15) is 4.79 Å². The fraction of sp³-hybridized carbons (Fsp3) is 0.438. The lowest BCUT2D eigenvalue weighted by Crippen LogP contribution is -2.27. The maximum absolute atomic E-state index is 12.0. The summed E-state index contributed by atoms with van der Waals surface area (Å²) in [5.41, 5.74) is 2.69. The van der Waals surface area contributed by atoms with Crippen LogP contribution in [0.25, 0.3) is 11.0 Å². The van der Waals surface area contributed by atoms with Gasteiger partial charge in [-0.05, 0) is 38.8 Å². The summed E-state index contributed by atoms with van der Waals surface area (Å²) >= 11 is 0. The maximum atomic E-state index is 12.0. The zero-order chi connectivity index (χ0) is 15.6. The summed E-state index contributed by atoms with van der Waals surface area (Å²) in [7, 11) is 0. The van der Waals surface area contributed by atoms with E-state index in [-0.39, 0.29) is 5.92 Å². The standard InChI is InChI=1S/C16H21N3O2/c1-10(2)13-12(19-15(20)21-16(3,4)5)9-18-11-7-6-8-17-14(11)13/h6-10H,1-5H3,(H,19,20). The lowest BCUT2D eigenvalue weighted by atomic mass is 10.0. The minimum absolute atomic E-state index is 0.204. The number of nitrogens with one attached hydrogen (secondary N) is 1. The van der Waals surface area contributed by atoms with Crippen LogP contribution in [0.15, 0.2) is 24.5 Å². The van der Waals surface area contributed by atoms with Crippen molar-refractivity contribution in [3.05, 3.63) is 30.1 Å². The molecule has 0 saturated heterocycles. The summed E-state index contributed by atoms with van der Waals surface area (Å²) in [5, 5.41) is 2.78. The number of carbonyl (C=O) groups excluding carboxylic acids is 1. The van der Waals surface area contributed by atoms with Gasteiger partial charge in [0.15, 0.2) is 0 Å². The van der Waals surface area contributed by atoms with Crippen LogP contribution in [0.1, 0.15) is 46.1 Å². The summed E-state index contributed by atoms with van der Waals surface area (Å²) < 4.78 is 5.29. The quantitative estimate of drug-likeness (QED) is 0.903. The topological polar surface area (TPSA) is 64.1 Å². The van der Waals surface area contributed by atoms with Crippen molar-refractivity contribution in [2.24, 2.45) is 0 Å². The monoisotopic (exact) mass is 287 g/mol. The molecule has 0 radical (unpaired) electrons. The number of nitrogens with zero attached hydrogens (tertiary/aromatic N) is 2. The molecule has 21 heavy (non-hydrogen) atoms. The van der Waals surface area contributed by atoms with E-state index in [1.54, 1.807) is 12.4 Å². The van der Waals surface area contributed by atoms with Crippen molar-refractivity contribution < 1.29 is 9.53 Å². The first kappa shape index (κ1) is 15.2. The Balaban J connectivity index is 2.40. The van der Waals surface area contributed by atoms with E-state index >= 15 is 0 Å². The third-order valence-electron chi connectivity index (χ3n) is 2.88. The van der Waals surface area contributed by atoms with Gasteiger partial charge in [-0.15, -0.1) is 0 Å². The first-order valence-corrected chi connectivity index (χ1v) is 7.01. The number of amides is 1. The fourth-order valence-electron chi connectivity index (χ4n) is 2.14. The van der Waals surface area contributed by atoms with Gasteiger partial charge in [0.25, 0.3) is 0 Å². The van der Waals surface area contributed by atoms with Crippen LogP contribution >= 0.6 is 0 Å². The Bertz CT molecular complexity index is 660. The van der Waals surface area contributed by atoms with Crippen molar-refractivity contribution in [2.45, 2.75) is 46.1 Å². The molecule has 1 amide bonds. The predicted molar refractivity (Wildman–Crippen MR) is 83.5 cm³/mol. The molecule has 112 valence electrons. The molecule has 0 atom stereocenters. The highest BCUT2D eigenvalue weighted by Crippen LogP contribution is 2.29. The highest BCUT2D eigenvalue weighted by molar-refractivity contribution is 5.91. The molecular formula is C16H21N3O2. The largest absolute Gasteiger partial charge is 0.444 e. The van der Waals surface area contributed by atoms with Gasteiger partial charge in [-0.3, -0.25) is 15.3 Å². The Labute approximate surface area is 124 Å². The third-order valence-corrected chi connectivity index (χ3v) is 2.88. The number of rotatable bonds is 2. The molecule has 0 bridgehead atoms. The van der Waals surface area contributed by atoms with E-state index in [4.69, 9.17) is 4.74 Å². The van der Waals surface area contributed by atoms with Crippen LogP contribution in [0, 0.1) is 0 Å². The molecule has 2 heterocycles. The Morgan fingerprint density at radius 2 is 2.00 bits per heavy atom. The van der Waals surface area contributed by atoms with E-state index in [1.807, 2.05) is 32.9 Å². The Morgan fingerprint density at radius 1 is 1.29 bits per heavy atom. The third kappa shape index (κ3) is 3.68. The van der Waals surface area contributed by atoms with E-state index in [0.29, 0.717) is 5.69 Å². The SMILES string of the molecule is CC(C)c1c(NC(=O)OC(C)(C)C)cnc2cccnc12. The molecule has 0 spiro atoms. The zero-order valence-electron chi connectivity index (χ0n) is 13.1. The number of pyridine rings is 2. The molecule has 0 aliphatic rings. The number of carbonyl (C=O) groups is 1. The van der Waals surface area contributed by atoms with Gasteiger partial charge in [-0.1, -0.05) is 13.8 Å². The van der Waals surface area contributed by atoms with Gasteiger partial charge >= 0.3 is 6.09 Å². The van der Waals surface area contributed by atoms with Gasteiger partial charge < -0.3 is 4.74 Å². The number of fused-ring (bicyclic) bond motifs is 1. The zero-order valence-corrected chi connectivity index (χ0v) is 13.1. The summed E-state index contributed by atoms with van der Waals surface area (Å²) in [6, 6.07) is 3.76. The second-order valence-electron chi connectivity index (χ2n) is 6.24. The normalized spacial score (nSPS) is 11.7. The minimum Gasteiger partial charge on any atom is -0.444 e. The lowest BCUT2D eigenvalue weighted by molar-refractivity contribution is 0.0636. The number of hydrogen-bond donors (Lipinski definition) is 1. The van der Waals surface area contributed by atoms with Crippen LogP contribution in [0.2, 0.25) is 0 Å². The molecule has 2 aromatic rings. The molecule has 1 N–H and O–H groups in total. The molecule has 0 unspecified atom stereocenters.